The van der Waals surface area contributed by atoms with Crippen molar-refractivity contribution in [3.63, 3.8) is 0 Å². The molecule has 0 spiro atoms. The lowest BCUT2D eigenvalue weighted by molar-refractivity contribution is 0.0970. The zero-order valence-corrected chi connectivity index (χ0v) is 16.1. The summed E-state index contributed by atoms with van der Waals surface area (Å²) in [5, 5.41) is 3.32. The van der Waals surface area contributed by atoms with Crippen molar-refractivity contribution in [1.82, 2.24) is 14.5 Å². The maximum atomic E-state index is 12.8. The van der Waals surface area contributed by atoms with Crippen LogP contribution in [0.3, 0.4) is 0 Å². The minimum absolute atomic E-state index is 0.00122. The van der Waals surface area contributed by atoms with E-state index in [0.717, 1.165) is 21.3 Å². The van der Waals surface area contributed by atoms with Crippen molar-refractivity contribution in [3.8, 4) is 5.13 Å². The standard InChI is InChI=1S/C20H17N5O2S/c1-11-7-8-13(12(2)9-11)23-19(27)16-17(18(21)26)25(10-22-16)20-24-14-5-3-4-6-15(14)28-20/h3-10H,1-2H3,(H2,21,26)(H,23,27). The van der Waals surface area contributed by atoms with Gasteiger partial charge in [-0.25, -0.2) is 9.97 Å². The second-order valence-corrected chi connectivity index (χ2v) is 7.42. The Balaban J connectivity index is 1.74. The Bertz CT molecular complexity index is 1190. The second-order valence-electron chi connectivity index (χ2n) is 6.41. The molecule has 0 atom stereocenters. The predicted octanol–water partition coefficient (Wildman–Crippen LogP) is 3.45. The highest BCUT2D eigenvalue weighted by molar-refractivity contribution is 7.20. The first kappa shape index (κ1) is 17.9. The first-order valence-electron chi connectivity index (χ1n) is 8.55. The molecule has 4 aromatic rings. The summed E-state index contributed by atoms with van der Waals surface area (Å²) >= 11 is 1.39. The number of imidazole rings is 1. The summed E-state index contributed by atoms with van der Waals surface area (Å²) in [6.07, 6.45) is 1.40. The summed E-state index contributed by atoms with van der Waals surface area (Å²) in [6.45, 7) is 3.88. The van der Waals surface area contributed by atoms with Gasteiger partial charge in [0.15, 0.2) is 10.8 Å². The van der Waals surface area contributed by atoms with Gasteiger partial charge in [0.25, 0.3) is 11.8 Å². The van der Waals surface area contributed by atoms with Crippen LogP contribution in [-0.2, 0) is 0 Å². The molecular formula is C20H17N5O2S. The number of nitrogens with zero attached hydrogens (tertiary/aromatic N) is 3. The molecule has 2 heterocycles. The number of primary amides is 1. The van der Waals surface area contributed by atoms with E-state index in [4.69, 9.17) is 5.73 Å². The van der Waals surface area contributed by atoms with Gasteiger partial charge in [-0.15, -0.1) is 0 Å². The monoisotopic (exact) mass is 391 g/mol. The van der Waals surface area contributed by atoms with Crippen LogP contribution in [0.4, 0.5) is 5.69 Å². The molecule has 3 N–H and O–H groups in total. The normalized spacial score (nSPS) is 10.9. The smallest absolute Gasteiger partial charge is 0.276 e. The first-order chi connectivity index (χ1) is 13.4. The van der Waals surface area contributed by atoms with E-state index >= 15 is 0 Å². The molecule has 0 saturated carbocycles. The third-order valence-electron chi connectivity index (χ3n) is 4.33. The summed E-state index contributed by atoms with van der Waals surface area (Å²) < 4.78 is 2.42. The van der Waals surface area contributed by atoms with Crippen molar-refractivity contribution in [2.45, 2.75) is 13.8 Å². The summed E-state index contributed by atoms with van der Waals surface area (Å²) in [6, 6.07) is 13.3. The number of hydrogen-bond donors (Lipinski definition) is 2. The minimum atomic E-state index is -0.748. The molecule has 0 aliphatic heterocycles. The van der Waals surface area contributed by atoms with Gasteiger partial charge in [-0.05, 0) is 37.6 Å². The number of anilines is 1. The van der Waals surface area contributed by atoms with Gasteiger partial charge in [0.1, 0.15) is 12.0 Å². The van der Waals surface area contributed by atoms with Crippen LogP contribution < -0.4 is 11.1 Å². The second kappa shape index (κ2) is 6.90. The molecule has 0 fully saturated rings. The van der Waals surface area contributed by atoms with Gasteiger partial charge in [0.2, 0.25) is 0 Å². The van der Waals surface area contributed by atoms with E-state index in [-0.39, 0.29) is 11.4 Å². The topological polar surface area (TPSA) is 103 Å². The van der Waals surface area contributed by atoms with Crippen LogP contribution in [0.1, 0.15) is 32.1 Å². The fourth-order valence-electron chi connectivity index (χ4n) is 2.99. The number of nitrogens with two attached hydrogens (primary N) is 1. The zero-order chi connectivity index (χ0) is 19.8. The van der Waals surface area contributed by atoms with E-state index in [9.17, 15) is 9.59 Å². The number of carbonyl (C=O) groups excluding carboxylic acids is 2. The number of fused-ring (bicyclic) bond motifs is 1. The largest absolute Gasteiger partial charge is 0.364 e. The zero-order valence-electron chi connectivity index (χ0n) is 15.3. The van der Waals surface area contributed by atoms with E-state index < -0.39 is 11.8 Å². The molecule has 2 aromatic heterocycles. The molecule has 0 saturated heterocycles. The van der Waals surface area contributed by atoms with Crippen LogP contribution in [0.25, 0.3) is 15.3 Å². The molecule has 8 heteroatoms. The molecule has 0 bridgehead atoms. The maximum absolute atomic E-state index is 12.8. The van der Waals surface area contributed by atoms with Crippen molar-refractivity contribution in [2.24, 2.45) is 5.73 Å². The van der Waals surface area contributed by atoms with Gasteiger partial charge in [-0.1, -0.05) is 41.2 Å². The summed E-state index contributed by atoms with van der Waals surface area (Å²) in [5.41, 5.74) is 8.99. The molecule has 140 valence electrons. The van der Waals surface area contributed by atoms with Crippen molar-refractivity contribution in [1.29, 1.82) is 0 Å². The number of aryl methyl sites for hydroxylation is 2. The number of carbonyl (C=O) groups is 2. The van der Waals surface area contributed by atoms with Crippen LogP contribution >= 0.6 is 11.3 Å². The predicted molar refractivity (Wildman–Crippen MR) is 109 cm³/mol. The Morgan fingerprint density at radius 3 is 2.64 bits per heavy atom. The SMILES string of the molecule is Cc1ccc(NC(=O)c2ncn(-c3nc4ccccc4s3)c2C(N)=O)c(C)c1. The van der Waals surface area contributed by atoms with Crippen molar-refractivity contribution in [3.05, 3.63) is 71.3 Å². The Morgan fingerprint density at radius 2 is 1.93 bits per heavy atom. The van der Waals surface area contributed by atoms with Crippen molar-refractivity contribution in [2.75, 3.05) is 5.32 Å². The summed E-state index contributed by atoms with van der Waals surface area (Å²) in [7, 11) is 0. The third kappa shape index (κ3) is 3.14. The lowest BCUT2D eigenvalue weighted by atomic mass is 10.1. The van der Waals surface area contributed by atoms with Gasteiger partial charge >= 0.3 is 0 Å². The average Bonchev–Trinajstić information content (AvgIpc) is 3.27. The molecule has 0 aliphatic carbocycles. The van der Waals surface area contributed by atoms with Crippen molar-refractivity contribution >= 4 is 39.1 Å². The third-order valence-corrected chi connectivity index (χ3v) is 5.37. The number of aromatic nitrogens is 3. The Kier molecular flexibility index (Phi) is 4.40. The number of benzene rings is 2. The lowest BCUT2D eigenvalue weighted by Gasteiger charge is -2.09. The van der Waals surface area contributed by atoms with Crippen LogP contribution in [0.15, 0.2) is 48.8 Å². The highest BCUT2D eigenvalue weighted by Crippen LogP contribution is 2.26. The molecule has 0 aliphatic rings. The number of amides is 2. The molecule has 2 amide bonds. The summed E-state index contributed by atoms with van der Waals surface area (Å²) in [4.78, 5) is 33.6. The highest BCUT2D eigenvalue weighted by atomic mass is 32.1. The molecule has 0 unspecified atom stereocenters. The molecule has 2 aromatic carbocycles. The molecular weight excluding hydrogens is 374 g/mol. The fourth-order valence-corrected chi connectivity index (χ4v) is 3.94. The van der Waals surface area contributed by atoms with Gasteiger partial charge in [0.05, 0.1) is 10.2 Å². The lowest BCUT2D eigenvalue weighted by Crippen LogP contribution is -2.23. The van der Waals surface area contributed by atoms with Crippen LogP contribution in [-0.4, -0.2) is 26.3 Å². The minimum Gasteiger partial charge on any atom is -0.364 e. The number of thiazole rings is 1. The van der Waals surface area contributed by atoms with Gasteiger partial charge < -0.3 is 11.1 Å². The molecule has 7 nitrogen and oxygen atoms in total. The first-order valence-corrected chi connectivity index (χ1v) is 9.37. The van der Waals surface area contributed by atoms with E-state index in [1.807, 2.05) is 56.3 Å². The van der Waals surface area contributed by atoms with E-state index in [2.05, 4.69) is 15.3 Å². The molecule has 28 heavy (non-hydrogen) atoms. The molecule has 0 radical (unpaired) electrons. The quantitative estimate of drug-likeness (QED) is 0.556. The van der Waals surface area contributed by atoms with Crippen molar-refractivity contribution < 1.29 is 9.59 Å². The number of rotatable bonds is 4. The Morgan fingerprint density at radius 1 is 1.14 bits per heavy atom. The number of para-hydroxylation sites is 1. The van der Waals surface area contributed by atoms with Crippen LogP contribution in [0, 0.1) is 13.8 Å². The maximum Gasteiger partial charge on any atom is 0.276 e. The highest BCUT2D eigenvalue weighted by Gasteiger charge is 2.24. The van der Waals surface area contributed by atoms with Gasteiger partial charge in [-0.2, -0.15) is 0 Å². The Hall–Kier alpha value is -3.52. The molecule has 4 rings (SSSR count). The van der Waals surface area contributed by atoms with Gasteiger partial charge in [-0.3, -0.25) is 14.2 Å². The van der Waals surface area contributed by atoms with E-state index in [1.165, 1.54) is 22.2 Å². The fraction of sp³-hybridized carbons (Fsp3) is 0.100. The van der Waals surface area contributed by atoms with Gasteiger partial charge in [0, 0.05) is 5.69 Å². The average molecular weight is 391 g/mol. The van der Waals surface area contributed by atoms with Crippen LogP contribution in [0.2, 0.25) is 0 Å². The Labute approximate surface area is 164 Å². The number of hydrogen-bond acceptors (Lipinski definition) is 5. The van der Waals surface area contributed by atoms with E-state index in [1.54, 1.807) is 0 Å². The van der Waals surface area contributed by atoms with E-state index in [0.29, 0.717) is 10.8 Å². The summed E-state index contributed by atoms with van der Waals surface area (Å²) in [5.74, 6) is -1.25. The number of nitrogens with one attached hydrogen (secondary N) is 1. The van der Waals surface area contributed by atoms with Crippen LogP contribution in [0.5, 0.6) is 0 Å².